The highest BCUT2D eigenvalue weighted by Crippen LogP contribution is 2.45. The largest absolute Gasteiger partial charge is 0.504 e. The molecule has 11 heteroatoms. The molecule has 1 aliphatic rings. The zero-order chi connectivity index (χ0) is 22.4. The number of tetrazole rings is 1. The number of para-hydroxylation sites is 1. The first-order valence-electron chi connectivity index (χ1n) is 9.37. The zero-order valence-corrected chi connectivity index (χ0v) is 18.1. The van der Waals surface area contributed by atoms with Crippen LogP contribution in [0.15, 0.2) is 35.5 Å². The van der Waals surface area contributed by atoms with Crippen molar-refractivity contribution in [2.24, 2.45) is 0 Å². The molecule has 160 valence electrons. The highest BCUT2D eigenvalue weighted by atomic mass is 32.2. The number of rotatable bonds is 4. The number of nitrogens with zero attached hydrogens (tertiary/aromatic N) is 6. The molecule has 2 heterocycles. The summed E-state index contributed by atoms with van der Waals surface area (Å²) >= 11 is 1.03. The van der Waals surface area contributed by atoms with Crippen molar-refractivity contribution in [3.05, 3.63) is 47.0 Å². The van der Waals surface area contributed by atoms with Crippen molar-refractivity contribution in [2.75, 3.05) is 11.9 Å². The van der Waals surface area contributed by atoms with Crippen LogP contribution in [0.5, 0.6) is 11.5 Å². The van der Waals surface area contributed by atoms with E-state index in [0.717, 1.165) is 16.7 Å². The van der Waals surface area contributed by atoms with Crippen LogP contribution in [0, 0.1) is 20.8 Å². The Labute approximate surface area is 182 Å². The van der Waals surface area contributed by atoms with Gasteiger partial charge in [-0.25, -0.2) is 4.79 Å². The van der Waals surface area contributed by atoms with E-state index >= 15 is 0 Å². The third-order valence-corrected chi connectivity index (χ3v) is 6.48. The van der Waals surface area contributed by atoms with Crippen LogP contribution in [0.3, 0.4) is 0 Å². The van der Waals surface area contributed by atoms with Gasteiger partial charge in [-0.15, -0.1) is 5.10 Å². The molecule has 1 saturated heterocycles. The van der Waals surface area contributed by atoms with Crippen molar-refractivity contribution >= 4 is 29.4 Å². The van der Waals surface area contributed by atoms with Crippen LogP contribution in [-0.2, 0) is 4.79 Å². The number of imide groups is 1. The Bertz CT molecular complexity index is 1170. The van der Waals surface area contributed by atoms with Gasteiger partial charge in [0.15, 0.2) is 16.9 Å². The number of hydrogen-bond donors (Lipinski definition) is 2. The number of urea groups is 1. The van der Waals surface area contributed by atoms with Gasteiger partial charge in [0.05, 0.1) is 11.4 Å². The van der Waals surface area contributed by atoms with Crippen molar-refractivity contribution < 1.29 is 19.8 Å². The number of phenolic OH excluding ortho intramolecular Hbond substituents is 2. The average molecular weight is 440 g/mol. The molecule has 2 aromatic carbocycles. The van der Waals surface area contributed by atoms with Gasteiger partial charge < -0.3 is 10.2 Å². The topological polar surface area (TPSA) is 125 Å². The predicted octanol–water partition coefficient (Wildman–Crippen LogP) is 2.52. The maximum atomic E-state index is 13.0. The summed E-state index contributed by atoms with van der Waals surface area (Å²) in [5.41, 5.74) is 2.37. The summed E-state index contributed by atoms with van der Waals surface area (Å²) in [6, 6.07) is 8.64. The molecule has 1 aliphatic heterocycles. The molecule has 0 bridgehead atoms. The van der Waals surface area contributed by atoms with Crippen LogP contribution in [0.4, 0.5) is 10.5 Å². The maximum Gasteiger partial charge on any atom is 0.332 e. The number of carbonyl (C=O) groups is 2. The quantitative estimate of drug-likeness (QED) is 0.468. The Morgan fingerprint density at radius 1 is 0.968 bits per heavy atom. The molecule has 2 N–H and O–H groups in total. The van der Waals surface area contributed by atoms with Crippen LogP contribution in [0.25, 0.3) is 5.69 Å². The molecule has 4 rings (SSSR count). The fraction of sp³-hybridized carbons (Fsp3) is 0.250. The van der Waals surface area contributed by atoms with Crippen LogP contribution in [0.2, 0.25) is 0 Å². The Hall–Kier alpha value is -3.60. The molecule has 0 radical (unpaired) electrons. The fourth-order valence-electron chi connectivity index (χ4n) is 3.50. The highest BCUT2D eigenvalue weighted by molar-refractivity contribution is 8.00. The van der Waals surface area contributed by atoms with Gasteiger partial charge in [-0.1, -0.05) is 18.2 Å². The highest BCUT2D eigenvalue weighted by Gasteiger charge is 2.47. The Morgan fingerprint density at radius 2 is 1.61 bits per heavy atom. The van der Waals surface area contributed by atoms with E-state index in [1.54, 1.807) is 20.8 Å². The number of anilines is 1. The van der Waals surface area contributed by atoms with Crippen molar-refractivity contribution in [1.29, 1.82) is 0 Å². The van der Waals surface area contributed by atoms with Crippen LogP contribution < -0.4 is 4.90 Å². The third kappa shape index (κ3) is 3.17. The lowest BCUT2D eigenvalue weighted by Crippen LogP contribution is -2.34. The molecule has 1 fully saturated rings. The van der Waals surface area contributed by atoms with Gasteiger partial charge in [-0.05, 0) is 66.2 Å². The molecule has 0 spiro atoms. The number of benzene rings is 2. The van der Waals surface area contributed by atoms with Crippen molar-refractivity contribution in [2.45, 2.75) is 31.3 Å². The van der Waals surface area contributed by atoms with Gasteiger partial charge in [0.2, 0.25) is 5.16 Å². The van der Waals surface area contributed by atoms with Crippen LogP contribution in [0.1, 0.15) is 16.7 Å². The minimum Gasteiger partial charge on any atom is -0.504 e. The molecule has 3 amide bonds. The minimum absolute atomic E-state index is 0.248. The number of likely N-dealkylation sites (N-methyl/N-ethyl adjacent to an activating group) is 1. The van der Waals surface area contributed by atoms with Gasteiger partial charge in [0, 0.05) is 12.6 Å². The summed E-state index contributed by atoms with van der Waals surface area (Å²) in [6.07, 6.45) is 0. The van der Waals surface area contributed by atoms with Crippen LogP contribution in [-0.4, -0.2) is 59.7 Å². The second-order valence-electron chi connectivity index (χ2n) is 7.15. The molecule has 10 nitrogen and oxygen atoms in total. The van der Waals surface area contributed by atoms with Gasteiger partial charge in [0.1, 0.15) is 0 Å². The van der Waals surface area contributed by atoms with Gasteiger partial charge in [-0.2, -0.15) is 4.68 Å². The van der Waals surface area contributed by atoms with Crippen molar-refractivity contribution in [3.8, 4) is 17.2 Å². The number of carbonyl (C=O) groups excluding carboxylic acids is 2. The van der Waals surface area contributed by atoms with Gasteiger partial charge in [-0.3, -0.25) is 14.6 Å². The van der Waals surface area contributed by atoms with E-state index in [9.17, 15) is 19.8 Å². The molecular weight excluding hydrogens is 420 g/mol. The standard InChI is InChI=1S/C20H20N6O4S/c1-10-11(2)15(27)16(28)12(3)14(10)25-18(17(29)24(4)20(25)30)31-19-21-22-23-26(19)13-8-6-5-7-9-13/h5-9,18,27-28H,1-4H3. The lowest BCUT2D eigenvalue weighted by Gasteiger charge is -2.26. The molecule has 1 atom stereocenters. The molecule has 0 aliphatic carbocycles. The predicted molar refractivity (Wildman–Crippen MR) is 113 cm³/mol. The van der Waals surface area contributed by atoms with E-state index < -0.39 is 17.3 Å². The fourth-order valence-corrected chi connectivity index (χ4v) is 4.58. The van der Waals surface area contributed by atoms with E-state index in [1.807, 2.05) is 30.3 Å². The molecule has 1 aromatic heterocycles. The first-order valence-corrected chi connectivity index (χ1v) is 10.2. The Balaban J connectivity index is 1.81. The summed E-state index contributed by atoms with van der Waals surface area (Å²) in [6.45, 7) is 4.95. The lowest BCUT2D eigenvalue weighted by atomic mass is 10.00. The van der Waals surface area contributed by atoms with E-state index in [4.69, 9.17) is 0 Å². The molecule has 1 unspecified atom stereocenters. The van der Waals surface area contributed by atoms with E-state index in [0.29, 0.717) is 33.2 Å². The summed E-state index contributed by atoms with van der Waals surface area (Å²) in [5.74, 6) is -1.02. The molecule has 31 heavy (non-hydrogen) atoms. The molecular formula is C20H20N6O4S. The van der Waals surface area contributed by atoms with Crippen molar-refractivity contribution in [3.63, 3.8) is 0 Å². The molecule has 0 saturated carbocycles. The van der Waals surface area contributed by atoms with Gasteiger partial charge >= 0.3 is 6.03 Å². The zero-order valence-electron chi connectivity index (χ0n) is 17.3. The number of phenols is 2. The Kier molecular flexibility index (Phi) is 5.05. The lowest BCUT2D eigenvalue weighted by molar-refractivity contribution is -0.124. The third-order valence-electron chi connectivity index (χ3n) is 5.38. The number of thioether (sulfide) groups is 1. The average Bonchev–Trinajstić information content (AvgIpc) is 3.32. The Morgan fingerprint density at radius 3 is 2.29 bits per heavy atom. The summed E-state index contributed by atoms with van der Waals surface area (Å²) in [5, 5.41) is 31.6. The number of amides is 3. The van der Waals surface area contributed by atoms with E-state index in [1.165, 1.54) is 16.6 Å². The normalized spacial score (nSPS) is 16.5. The number of aromatic nitrogens is 4. The number of hydrogen-bond acceptors (Lipinski definition) is 8. The summed E-state index contributed by atoms with van der Waals surface area (Å²) < 4.78 is 1.48. The SMILES string of the molecule is Cc1c(C)c(N2C(=O)N(C)C(=O)C2Sc2nnnn2-c2ccccc2)c(C)c(O)c1O. The summed E-state index contributed by atoms with van der Waals surface area (Å²) in [4.78, 5) is 28.4. The first-order chi connectivity index (χ1) is 14.7. The van der Waals surface area contributed by atoms with Gasteiger partial charge in [0.25, 0.3) is 5.91 Å². The monoisotopic (exact) mass is 440 g/mol. The minimum atomic E-state index is -0.994. The number of aromatic hydroxyl groups is 2. The summed E-state index contributed by atoms with van der Waals surface area (Å²) in [7, 11) is 1.40. The molecule has 3 aromatic rings. The smallest absolute Gasteiger partial charge is 0.332 e. The van der Waals surface area contributed by atoms with E-state index in [2.05, 4.69) is 15.5 Å². The van der Waals surface area contributed by atoms with Crippen molar-refractivity contribution in [1.82, 2.24) is 25.1 Å². The second kappa shape index (κ2) is 7.58. The van der Waals surface area contributed by atoms with E-state index in [-0.39, 0.29) is 11.5 Å². The maximum absolute atomic E-state index is 13.0. The first kappa shape index (κ1) is 20.7. The van der Waals surface area contributed by atoms with Crippen LogP contribution >= 0.6 is 11.8 Å². The second-order valence-corrected chi connectivity index (χ2v) is 8.20.